The molecule has 3 aliphatic rings. The van der Waals surface area contributed by atoms with Gasteiger partial charge in [-0.25, -0.2) is 0 Å². The Bertz CT molecular complexity index is 925. The van der Waals surface area contributed by atoms with Gasteiger partial charge < -0.3 is 16.0 Å². The first-order valence-corrected chi connectivity index (χ1v) is 11.3. The number of ketones is 3. The minimum Gasteiger partial charge on any atom is -0.389 e. The minimum absolute atomic E-state index is 0. The van der Waals surface area contributed by atoms with Crippen LogP contribution in [0.15, 0.2) is 108 Å². The van der Waals surface area contributed by atoms with Gasteiger partial charge in [0, 0.05) is 91.7 Å². The normalized spacial score (nSPS) is 19.8. The molecule has 8 heteroatoms. The molecule has 0 bridgehead atoms. The monoisotopic (exact) mass is 513 g/mol. The van der Waals surface area contributed by atoms with E-state index in [9.17, 15) is 14.4 Å². The fourth-order valence-electron chi connectivity index (χ4n) is 3.35. The molecule has 0 atom stereocenters. The van der Waals surface area contributed by atoms with Gasteiger partial charge in [0.1, 0.15) is 0 Å². The molecular formula is C27H30MnN4O3. The van der Waals surface area contributed by atoms with Crippen molar-refractivity contribution in [3.05, 3.63) is 108 Å². The molecule has 3 N–H and O–H groups in total. The maximum Gasteiger partial charge on any atom is 0.187 e. The van der Waals surface area contributed by atoms with Crippen molar-refractivity contribution in [3.8, 4) is 0 Å². The number of hydrogen-bond acceptors (Lipinski definition) is 7. The number of allylic oxidation sites excluding steroid dienone is 15. The van der Waals surface area contributed by atoms with E-state index >= 15 is 0 Å². The second-order valence-corrected chi connectivity index (χ2v) is 7.75. The van der Waals surface area contributed by atoms with E-state index in [1.54, 1.807) is 73.3 Å². The quantitative estimate of drug-likeness (QED) is 0.208. The Kier molecular flexibility index (Phi) is 12.3. The topological polar surface area (TPSA) is 90.5 Å². The van der Waals surface area contributed by atoms with Crippen molar-refractivity contribution in [3.63, 3.8) is 0 Å². The van der Waals surface area contributed by atoms with Gasteiger partial charge in [-0.1, -0.05) is 36.5 Å². The Morgan fingerprint density at radius 3 is 1.09 bits per heavy atom. The zero-order valence-electron chi connectivity index (χ0n) is 19.5. The average Bonchev–Trinajstić information content (AvgIpc) is 2.84. The summed E-state index contributed by atoms with van der Waals surface area (Å²) in [6.45, 7) is 4.31. The molecule has 0 unspecified atom stereocenters. The van der Waals surface area contributed by atoms with E-state index in [1.807, 2.05) is 18.2 Å². The van der Waals surface area contributed by atoms with Crippen LogP contribution in [0.25, 0.3) is 0 Å². The van der Waals surface area contributed by atoms with Crippen LogP contribution in [-0.4, -0.2) is 61.5 Å². The van der Waals surface area contributed by atoms with Gasteiger partial charge in [0.05, 0.1) is 0 Å². The van der Waals surface area contributed by atoms with Gasteiger partial charge in [-0.2, -0.15) is 0 Å². The summed E-state index contributed by atoms with van der Waals surface area (Å²) in [5, 5.41) is 9.64. The van der Waals surface area contributed by atoms with Crippen molar-refractivity contribution in [2.45, 2.75) is 0 Å². The molecule has 0 aromatic rings. The number of carbonyl (C=O) groups excluding carboxylic acids is 3. The zero-order chi connectivity index (χ0) is 24.0. The first-order valence-electron chi connectivity index (χ1n) is 11.3. The third-order valence-corrected chi connectivity index (χ3v) is 5.25. The van der Waals surface area contributed by atoms with Crippen molar-refractivity contribution in [1.82, 2.24) is 20.9 Å². The fourth-order valence-corrected chi connectivity index (χ4v) is 3.35. The molecule has 3 rings (SSSR count). The summed E-state index contributed by atoms with van der Waals surface area (Å²) in [5.74, 6) is -0.0316. The largest absolute Gasteiger partial charge is 0.389 e. The van der Waals surface area contributed by atoms with E-state index in [1.165, 1.54) is 0 Å². The summed E-state index contributed by atoms with van der Waals surface area (Å²) in [4.78, 5) is 37.7. The molecule has 0 saturated heterocycles. The molecule has 35 heavy (non-hydrogen) atoms. The van der Waals surface area contributed by atoms with Crippen molar-refractivity contribution in [1.29, 1.82) is 0 Å². The molecule has 0 aliphatic heterocycles. The second kappa shape index (κ2) is 15.5. The summed E-state index contributed by atoms with van der Waals surface area (Å²) >= 11 is 0. The first kappa shape index (κ1) is 27.8. The van der Waals surface area contributed by atoms with Gasteiger partial charge >= 0.3 is 0 Å². The second-order valence-electron chi connectivity index (χ2n) is 7.75. The minimum atomic E-state index is -0.0105. The van der Waals surface area contributed by atoms with Gasteiger partial charge in [0.25, 0.3) is 0 Å². The maximum absolute atomic E-state index is 11.8. The van der Waals surface area contributed by atoms with Crippen LogP contribution in [0.4, 0.5) is 0 Å². The van der Waals surface area contributed by atoms with E-state index in [-0.39, 0.29) is 34.4 Å². The number of hydrogen-bond donors (Lipinski definition) is 3. The summed E-state index contributed by atoms with van der Waals surface area (Å²) in [6.07, 6.45) is 25.9. The van der Waals surface area contributed by atoms with Crippen LogP contribution in [0.2, 0.25) is 0 Å². The van der Waals surface area contributed by atoms with E-state index in [2.05, 4.69) is 20.9 Å². The van der Waals surface area contributed by atoms with Crippen LogP contribution in [0, 0.1) is 0 Å². The molecule has 183 valence electrons. The van der Waals surface area contributed by atoms with E-state index in [4.69, 9.17) is 0 Å². The zero-order valence-corrected chi connectivity index (χ0v) is 20.6. The van der Waals surface area contributed by atoms with Crippen molar-refractivity contribution < 1.29 is 31.5 Å². The predicted molar refractivity (Wildman–Crippen MR) is 135 cm³/mol. The number of rotatable bonds is 12. The van der Waals surface area contributed by atoms with Gasteiger partial charge in [0.2, 0.25) is 0 Å². The fraction of sp³-hybridized carbons (Fsp3) is 0.222. The average molecular weight is 514 g/mol. The Balaban J connectivity index is 0.00000432. The third kappa shape index (κ3) is 9.74. The molecule has 0 heterocycles. The van der Waals surface area contributed by atoms with Gasteiger partial charge in [-0.15, -0.1) is 0 Å². The van der Waals surface area contributed by atoms with Crippen LogP contribution in [0.1, 0.15) is 0 Å². The van der Waals surface area contributed by atoms with Crippen molar-refractivity contribution in [2.24, 2.45) is 0 Å². The van der Waals surface area contributed by atoms with Crippen LogP contribution < -0.4 is 16.0 Å². The van der Waals surface area contributed by atoms with Crippen LogP contribution in [-0.2, 0) is 31.5 Å². The van der Waals surface area contributed by atoms with Gasteiger partial charge in [-0.05, 0) is 36.5 Å². The van der Waals surface area contributed by atoms with Crippen molar-refractivity contribution >= 4 is 17.3 Å². The Morgan fingerprint density at radius 1 is 0.514 bits per heavy atom. The summed E-state index contributed by atoms with van der Waals surface area (Å²) < 4.78 is 0. The Labute approximate surface area is 216 Å². The summed E-state index contributed by atoms with van der Waals surface area (Å²) in [6, 6.07) is 0. The smallest absolute Gasteiger partial charge is 0.187 e. The molecule has 0 fully saturated rings. The SMILES string of the molecule is O=C1C=CC=C/C1=C/NCCN(CCN/C=C1\C=CC=CC1=O)CCN/C=C1\C=CC=CC1=O.[Mn]. The van der Waals surface area contributed by atoms with Crippen LogP contribution in [0.5, 0.6) is 0 Å². The third-order valence-electron chi connectivity index (χ3n) is 5.25. The maximum atomic E-state index is 11.8. The van der Waals surface area contributed by atoms with Gasteiger partial charge in [-0.3, -0.25) is 19.3 Å². The number of nitrogens with zero attached hydrogens (tertiary/aromatic N) is 1. The van der Waals surface area contributed by atoms with Crippen LogP contribution >= 0.6 is 0 Å². The predicted octanol–water partition coefficient (Wildman–Crippen LogP) is 1.79. The van der Waals surface area contributed by atoms with Gasteiger partial charge in [0.15, 0.2) is 17.3 Å². The Hall–Kier alpha value is -3.45. The molecule has 0 aromatic heterocycles. The summed E-state index contributed by atoms with van der Waals surface area (Å²) in [5.41, 5.74) is 1.90. The van der Waals surface area contributed by atoms with E-state index < -0.39 is 0 Å². The van der Waals surface area contributed by atoms with E-state index in [0.717, 1.165) is 19.6 Å². The number of carbonyl (C=O) groups is 3. The molecule has 1 radical (unpaired) electrons. The first-order chi connectivity index (χ1) is 16.6. The molecule has 0 spiro atoms. The molecule has 3 aliphatic carbocycles. The molecule has 0 aromatic carbocycles. The molecule has 0 amide bonds. The molecular weight excluding hydrogens is 483 g/mol. The molecule has 7 nitrogen and oxygen atoms in total. The van der Waals surface area contributed by atoms with E-state index in [0.29, 0.717) is 36.4 Å². The number of nitrogens with one attached hydrogen (secondary N) is 3. The van der Waals surface area contributed by atoms with Crippen LogP contribution in [0.3, 0.4) is 0 Å². The molecule has 0 saturated carbocycles. The summed E-state index contributed by atoms with van der Waals surface area (Å²) in [7, 11) is 0. The van der Waals surface area contributed by atoms with Crippen molar-refractivity contribution in [2.75, 3.05) is 39.3 Å². The Morgan fingerprint density at radius 2 is 0.800 bits per heavy atom. The standard InChI is InChI=1S/C27H30N4O3.Mn/c32-25-10-4-1-7-22(25)19-28-13-16-31(17-14-29-20-23-8-2-5-11-26(23)33)18-15-30-21-24-9-3-6-12-27(24)34;/h1-12,19-21,28-30H,13-18H2;/b22-19-,23-20+,24-21+;.